The van der Waals surface area contributed by atoms with E-state index in [0.29, 0.717) is 22.9 Å². The third-order valence-corrected chi connectivity index (χ3v) is 7.17. The zero-order chi connectivity index (χ0) is 26.6. The van der Waals surface area contributed by atoms with Crippen molar-refractivity contribution in [3.05, 3.63) is 64.3 Å². The van der Waals surface area contributed by atoms with Crippen LogP contribution in [0.3, 0.4) is 0 Å². The highest BCUT2D eigenvalue weighted by Crippen LogP contribution is 2.31. The molecule has 1 heterocycles. The van der Waals surface area contributed by atoms with Gasteiger partial charge in [0.1, 0.15) is 5.75 Å². The molecule has 6 heteroatoms. The zero-order valence-electron chi connectivity index (χ0n) is 22.5. The second kappa shape index (κ2) is 14.8. The van der Waals surface area contributed by atoms with Crippen LogP contribution in [-0.2, 0) is 16.0 Å². The fraction of sp³-hybridized carbons (Fsp3) is 0.484. The molecular formula is C31H40ClNO4. The Hall–Kier alpha value is -2.79. The molecule has 5 nitrogen and oxygen atoms in total. The molecule has 0 atom stereocenters. The highest BCUT2D eigenvalue weighted by Gasteiger charge is 2.22. The van der Waals surface area contributed by atoms with E-state index in [1.54, 1.807) is 35.9 Å². The van der Waals surface area contributed by atoms with Crippen LogP contribution in [0.4, 0.5) is 0 Å². The van der Waals surface area contributed by atoms with Crippen LogP contribution in [0.25, 0.3) is 10.9 Å². The Morgan fingerprint density at radius 2 is 1.49 bits per heavy atom. The van der Waals surface area contributed by atoms with E-state index in [1.165, 1.54) is 51.4 Å². The van der Waals surface area contributed by atoms with Crippen LogP contribution in [0.5, 0.6) is 5.75 Å². The molecule has 0 amide bonds. The summed E-state index contributed by atoms with van der Waals surface area (Å²) in [5.41, 5.74) is 2.76. The molecule has 0 aliphatic rings. The van der Waals surface area contributed by atoms with E-state index >= 15 is 0 Å². The van der Waals surface area contributed by atoms with Crippen molar-refractivity contribution in [2.75, 3.05) is 13.7 Å². The second-order valence-corrected chi connectivity index (χ2v) is 10.1. The number of esters is 1. The second-order valence-electron chi connectivity index (χ2n) is 9.67. The van der Waals surface area contributed by atoms with Crippen LogP contribution in [0, 0.1) is 6.92 Å². The van der Waals surface area contributed by atoms with E-state index in [0.717, 1.165) is 35.0 Å². The molecule has 0 radical (unpaired) electrons. The van der Waals surface area contributed by atoms with E-state index < -0.39 is 0 Å². The van der Waals surface area contributed by atoms with Crippen molar-refractivity contribution in [2.24, 2.45) is 0 Å². The lowest BCUT2D eigenvalue weighted by molar-refractivity contribution is -0.142. The van der Waals surface area contributed by atoms with Crippen LogP contribution in [0.15, 0.2) is 42.5 Å². The first-order chi connectivity index (χ1) is 18.0. The topological polar surface area (TPSA) is 57.5 Å². The predicted molar refractivity (Wildman–Crippen MR) is 151 cm³/mol. The molecule has 3 aromatic rings. The fourth-order valence-electron chi connectivity index (χ4n) is 4.77. The van der Waals surface area contributed by atoms with Crippen LogP contribution in [0.1, 0.15) is 92.7 Å². The summed E-state index contributed by atoms with van der Waals surface area (Å²) < 4.78 is 12.6. The van der Waals surface area contributed by atoms with Gasteiger partial charge in [-0.1, -0.05) is 76.3 Å². The van der Waals surface area contributed by atoms with Gasteiger partial charge in [-0.25, -0.2) is 0 Å². The third-order valence-electron chi connectivity index (χ3n) is 6.92. The summed E-state index contributed by atoms with van der Waals surface area (Å²) in [6.45, 7) is 4.54. The number of nitrogens with zero attached hydrogens (tertiary/aromatic N) is 1. The number of hydrogen-bond acceptors (Lipinski definition) is 4. The van der Waals surface area contributed by atoms with Gasteiger partial charge in [0.25, 0.3) is 5.91 Å². The van der Waals surface area contributed by atoms with Gasteiger partial charge in [-0.15, -0.1) is 0 Å². The van der Waals surface area contributed by atoms with Crippen LogP contribution in [0.2, 0.25) is 5.02 Å². The molecule has 37 heavy (non-hydrogen) atoms. The minimum Gasteiger partial charge on any atom is -0.497 e. The fourth-order valence-corrected chi connectivity index (χ4v) is 4.89. The average Bonchev–Trinajstić information content (AvgIpc) is 3.17. The number of hydrogen-bond donors (Lipinski definition) is 0. The SMILES string of the molecule is CCCCCCCCCCCCOC(=O)Cc1c(C)n(C(=O)c2ccc(Cl)cc2)c2ccc(OC)cc12. The van der Waals surface area contributed by atoms with Crippen molar-refractivity contribution in [2.45, 2.75) is 84.5 Å². The number of carbonyl (C=O) groups excluding carboxylic acids is 2. The number of ether oxygens (including phenoxy) is 2. The Morgan fingerprint density at radius 1 is 0.865 bits per heavy atom. The van der Waals surface area contributed by atoms with Crippen molar-refractivity contribution in [3.63, 3.8) is 0 Å². The monoisotopic (exact) mass is 525 g/mol. The number of methoxy groups -OCH3 is 1. The van der Waals surface area contributed by atoms with Gasteiger partial charge in [0.05, 0.1) is 25.7 Å². The molecule has 0 bridgehead atoms. The molecule has 0 unspecified atom stereocenters. The number of aromatic nitrogens is 1. The molecule has 0 N–H and O–H groups in total. The Balaban J connectivity index is 1.59. The van der Waals surface area contributed by atoms with E-state index in [9.17, 15) is 9.59 Å². The smallest absolute Gasteiger partial charge is 0.310 e. The van der Waals surface area contributed by atoms with Crippen molar-refractivity contribution >= 4 is 34.4 Å². The van der Waals surface area contributed by atoms with Gasteiger partial charge in [-0.3, -0.25) is 14.2 Å². The predicted octanol–water partition coefficient (Wildman–Crippen LogP) is 8.31. The number of fused-ring (bicyclic) bond motifs is 1. The van der Waals surface area contributed by atoms with E-state index in [1.807, 2.05) is 25.1 Å². The standard InChI is InChI=1S/C31H40ClNO4/c1-4-5-6-7-8-9-10-11-12-13-20-37-30(34)22-27-23(2)33(29-19-18-26(36-3)21-28(27)29)31(35)24-14-16-25(32)17-15-24/h14-19,21H,4-13,20,22H2,1-3H3. The summed E-state index contributed by atoms with van der Waals surface area (Å²) in [5, 5.41) is 1.39. The largest absolute Gasteiger partial charge is 0.497 e. The van der Waals surface area contributed by atoms with E-state index in [-0.39, 0.29) is 18.3 Å². The van der Waals surface area contributed by atoms with Gasteiger partial charge in [-0.05, 0) is 61.4 Å². The first-order valence-electron chi connectivity index (χ1n) is 13.6. The first kappa shape index (κ1) is 28.8. The van der Waals surface area contributed by atoms with Crippen LogP contribution < -0.4 is 4.74 Å². The lowest BCUT2D eigenvalue weighted by atomic mass is 10.1. The minimum atomic E-state index is -0.278. The Kier molecular flexibility index (Phi) is 11.5. The number of benzene rings is 2. The number of halogens is 1. The molecule has 1 aromatic heterocycles. The minimum absolute atomic E-state index is 0.105. The third kappa shape index (κ3) is 8.10. The van der Waals surface area contributed by atoms with Gasteiger partial charge in [0, 0.05) is 21.7 Å². The molecule has 0 fully saturated rings. The van der Waals surface area contributed by atoms with Crippen molar-refractivity contribution in [1.29, 1.82) is 0 Å². The zero-order valence-corrected chi connectivity index (χ0v) is 23.2. The van der Waals surface area contributed by atoms with E-state index in [4.69, 9.17) is 21.1 Å². The summed E-state index contributed by atoms with van der Waals surface area (Å²) in [5.74, 6) is 0.220. The number of carbonyl (C=O) groups is 2. The highest BCUT2D eigenvalue weighted by molar-refractivity contribution is 6.30. The maximum atomic E-state index is 13.4. The molecule has 200 valence electrons. The first-order valence-corrected chi connectivity index (χ1v) is 14.0. The molecular weight excluding hydrogens is 486 g/mol. The molecule has 0 spiro atoms. The highest BCUT2D eigenvalue weighted by atomic mass is 35.5. The molecule has 0 aliphatic carbocycles. The number of unbranched alkanes of at least 4 members (excludes halogenated alkanes) is 9. The molecule has 0 saturated heterocycles. The summed E-state index contributed by atoms with van der Waals surface area (Å²) in [4.78, 5) is 26.2. The van der Waals surface area contributed by atoms with Crippen molar-refractivity contribution in [3.8, 4) is 5.75 Å². The van der Waals surface area contributed by atoms with Gasteiger partial charge in [0.2, 0.25) is 0 Å². The van der Waals surface area contributed by atoms with Crippen LogP contribution in [-0.4, -0.2) is 30.2 Å². The molecule has 2 aromatic carbocycles. The van der Waals surface area contributed by atoms with Gasteiger partial charge >= 0.3 is 5.97 Å². The summed E-state index contributed by atoms with van der Waals surface area (Å²) in [6.07, 6.45) is 12.5. The maximum absolute atomic E-state index is 13.4. The normalized spacial score (nSPS) is 11.1. The van der Waals surface area contributed by atoms with Gasteiger partial charge in [-0.2, -0.15) is 0 Å². The molecule has 0 aliphatic heterocycles. The van der Waals surface area contributed by atoms with E-state index in [2.05, 4.69) is 6.92 Å². The van der Waals surface area contributed by atoms with Crippen molar-refractivity contribution in [1.82, 2.24) is 4.57 Å². The lowest BCUT2D eigenvalue weighted by Crippen LogP contribution is -2.14. The summed E-state index contributed by atoms with van der Waals surface area (Å²) in [7, 11) is 1.60. The Bertz CT molecular complexity index is 1170. The van der Waals surface area contributed by atoms with Gasteiger partial charge < -0.3 is 9.47 Å². The van der Waals surface area contributed by atoms with Gasteiger partial charge in [0.15, 0.2) is 0 Å². The summed E-state index contributed by atoms with van der Waals surface area (Å²) in [6, 6.07) is 12.4. The lowest BCUT2D eigenvalue weighted by Gasteiger charge is -2.08. The number of rotatable bonds is 15. The van der Waals surface area contributed by atoms with Crippen molar-refractivity contribution < 1.29 is 19.1 Å². The average molecular weight is 526 g/mol. The summed E-state index contributed by atoms with van der Waals surface area (Å²) >= 11 is 6.00. The maximum Gasteiger partial charge on any atom is 0.310 e. The quantitative estimate of drug-likeness (QED) is 0.148. The molecule has 0 saturated carbocycles. The van der Waals surface area contributed by atoms with Crippen LogP contribution >= 0.6 is 11.6 Å². The Labute approximate surface area is 226 Å². The molecule has 3 rings (SSSR count). The Morgan fingerprint density at radius 3 is 2.11 bits per heavy atom.